The molecule has 1 saturated heterocycles. The topological polar surface area (TPSA) is 65.9 Å². The van der Waals surface area contributed by atoms with Crippen LogP contribution in [0.1, 0.15) is 24.4 Å². The first-order valence-electron chi connectivity index (χ1n) is 9.47. The molecule has 0 radical (unpaired) electrons. The molecule has 3 heterocycles. The zero-order valence-electron chi connectivity index (χ0n) is 16.6. The van der Waals surface area contributed by atoms with E-state index < -0.39 is 11.6 Å². The van der Waals surface area contributed by atoms with Gasteiger partial charge in [0.25, 0.3) is 5.56 Å². The van der Waals surface area contributed by atoms with Crippen molar-refractivity contribution in [3.8, 4) is 0 Å². The van der Waals surface area contributed by atoms with Crippen LogP contribution in [-0.2, 0) is 4.74 Å². The number of anilines is 2. The van der Waals surface area contributed by atoms with E-state index >= 15 is 0 Å². The van der Waals surface area contributed by atoms with Gasteiger partial charge in [-0.15, -0.1) is 0 Å². The van der Waals surface area contributed by atoms with E-state index in [0.717, 1.165) is 5.82 Å². The van der Waals surface area contributed by atoms with Crippen LogP contribution in [-0.4, -0.2) is 47.7 Å². The summed E-state index contributed by atoms with van der Waals surface area (Å²) >= 11 is 0. The molecule has 1 aliphatic rings. The Kier molecular flexibility index (Phi) is 4.99. The summed E-state index contributed by atoms with van der Waals surface area (Å²) in [4.78, 5) is 23.0. The van der Waals surface area contributed by atoms with E-state index in [2.05, 4.69) is 9.97 Å². The summed E-state index contributed by atoms with van der Waals surface area (Å²) in [5, 5.41) is 0. The van der Waals surface area contributed by atoms with Gasteiger partial charge >= 0.3 is 0 Å². The monoisotopic (exact) mass is 403 g/mol. The number of benzene rings is 1. The lowest BCUT2D eigenvalue weighted by Gasteiger charge is -2.37. The second kappa shape index (κ2) is 7.47. The van der Waals surface area contributed by atoms with Gasteiger partial charge in [0.2, 0.25) is 0 Å². The molecule has 2 aromatic heterocycles. The van der Waals surface area contributed by atoms with E-state index in [1.807, 2.05) is 18.0 Å². The van der Waals surface area contributed by atoms with Crippen LogP contribution in [0.25, 0.3) is 5.52 Å². The van der Waals surface area contributed by atoms with Crippen molar-refractivity contribution in [1.29, 1.82) is 0 Å². The van der Waals surface area contributed by atoms with Gasteiger partial charge in [-0.1, -0.05) is 0 Å². The third-order valence-electron chi connectivity index (χ3n) is 5.51. The Morgan fingerprint density at radius 3 is 2.38 bits per heavy atom. The fraction of sp³-hybridized carbons (Fsp3) is 0.400. The van der Waals surface area contributed by atoms with Crippen LogP contribution in [0.15, 0.2) is 29.3 Å². The number of aromatic nitrogens is 3. The average Bonchev–Trinajstić information content (AvgIpc) is 3.08. The van der Waals surface area contributed by atoms with Crippen molar-refractivity contribution >= 4 is 17.0 Å². The summed E-state index contributed by atoms with van der Waals surface area (Å²) < 4.78 is 36.2. The number of hydrogen-bond acceptors (Lipinski definition) is 5. The van der Waals surface area contributed by atoms with Gasteiger partial charge in [-0.05, 0) is 31.5 Å². The summed E-state index contributed by atoms with van der Waals surface area (Å²) in [6.45, 7) is 5.46. The standard InChI is InChI=1S/C20H23F2N5O2/c1-12(29-3)14-8-15(21)19(16(22)9-14)26-6-4-25(5-7-26)18-11-27-13(2)23-10-17(27)20(28)24-18/h8-12H,4-7H2,1-3H3,(H,24,28). The molecular weight excluding hydrogens is 380 g/mol. The molecule has 3 aromatic rings. The highest BCUT2D eigenvalue weighted by Crippen LogP contribution is 2.29. The molecule has 1 N–H and O–H groups in total. The molecule has 1 aromatic carbocycles. The van der Waals surface area contributed by atoms with Crippen molar-refractivity contribution in [2.75, 3.05) is 43.1 Å². The number of methoxy groups -OCH3 is 1. The lowest BCUT2D eigenvalue weighted by molar-refractivity contribution is 0.119. The first-order chi connectivity index (χ1) is 13.9. The maximum Gasteiger partial charge on any atom is 0.275 e. The van der Waals surface area contributed by atoms with E-state index in [4.69, 9.17) is 4.74 Å². The molecule has 0 spiro atoms. The first kappa shape index (κ1) is 19.4. The zero-order chi connectivity index (χ0) is 20.7. The Bertz CT molecular complexity index is 1080. The maximum absolute atomic E-state index is 14.6. The number of aryl methyl sites for hydroxylation is 1. The van der Waals surface area contributed by atoms with E-state index in [1.165, 1.54) is 25.4 Å². The van der Waals surface area contributed by atoms with Gasteiger partial charge in [0.05, 0.1) is 18.5 Å². The summed E-state index contributed by atoms with van der Waals surface area (Å²) in [6.07, 6.45) is 2.98. The second-order valence-electron chi connectivity index (χ2n) is 7.21. The molecule has 154 valence electrons. The summed E-state index contributed by atoms with van der Waals surface area (Å²) in [6, 6.07) is 2.65. The average molecular weight is 403 g/mol. The van der Waals surface area contributed by atoms with Crippen LogP contribution >= 0.6 is 0 Å². The molecule has 1 atom stereocenters. The molecule has 1 aliphatic heterocycles. The number of nitrogens with zero attached hydrogens (tertiary/aromatic N) is 4. The Balaban J connectivity index is 1.54. The SMILES string of the molecule is COC(C)c1cc(F)c(N2CCN(c3cn4c(C)ncc4c(=O)[nH]3)CC2)c(F)c1. The van der Waals surface area contributed by atoms with Crippen LogP contribution in [0, 0.1) is 18.6 Å². The zero-order valence-corrected chi connectivity index (χ0v) is 16.6. The predicted molar refractivity (Wildman–Crippen MR) is 107 cm³/mol. The van der Waals surface area contributed by atoms with Crippen molar-refractivity contribution < 1.29 is 13.5 Å². The fourth-order valence-corrected chi connectivity index (χ4v) is 3.71. The highest BCUT2D eigenvalue weighted by molar-refractivity contribution is 5.54. The minimum atomic E-state index is -0.596. The number of H-pyrrole nitrogens is 1. The number of fused-ring (bicyclic) bond motifs is 1. The molecule has 9 heteroatoms. The number of imidazole rings is 1. The molecule has 0 bridgehead atoms. The van der Waals surface area contributed by atoms with Crippen molar-refractivity contribution in [3.05, 3.63) is 57.9 Å². The molecule has 7 nitrogen and oxygen atoms in total. The van der Waals surface area contributed by atoms with Gasteiger partial charge in [0.1, 0.15) is 34.5 Å². The smallest absolute Gasteiger partial charge is 0.275 e. The largest absolute Gasteiger partial charge is 0.377 e. The van der Waals surface area contributed by atoms with Gasteiger partial charge < -0.3 is 19.5 Å². The molecule has 29 heavy (non-hydrogen) atoms. The van der Waals surface area contributed by atoms with Crippen LogP contribution < -0.4 is 15.4 Å². The number of nitrogens with one attached hydrogen (secondary N) is 1. The van der Waals surface area contributed by atoms with Crippen molar-refractivity contribution in [1.82, 2.24) is 14.4 Å². The molecule has 1 fully saturated rings. The van der Waals surface area contributed by atoms with Crippen molar-refractivity contribution in [3.63, 3.8) is 0 Å². The van der Waals surface area contributed by atoms with Gasteiger partial charge in [-0.25, -0.2) is 13.8 Å². The van der Waals surface area contributed by atoms with Crippen molar-refractivity contribution in [2.24, 2.45) is 0 Å². The molecule has 1 unspecified atom stereocenters. The van der Waals surface area contributed by atoms with Crippen LogP contribution in [0.4, 0.5) is 20.3 Å². The first-order valence-corrected chi connectivity index (χ1v) is 9.47. The third kappa shape index (κ3) is 3.46. The maximum atomic E-state index is 14.6. The van der Waals surface area contributed by atoms with Gasteiger partial charge in [0.15, 0.2) is 0 Å². The molecular formula is C20H23F2N5O2. The minimum Gasteiger partial charge on any atom is -0.377 e. The van der Waals surface area contributed by atoms with Crippen LogP contribution in [0.2, 0.25) is 0 Å². The predicted octanol–water partition coefficient (Wildman–Crippen LogP) is 2.64. The third-order valence-corrected chi connectivity index (χ3v) is 5.51. The number of aromatic amines is 1. The van der Waals surface area contributed by atoms with Gasteiger partial charge in [0, 0.05) is 33.3 Å². The van der Waals surface area contributed by atoms with Crippen LogP contribution in [0.3, 0.4) is 0 Å². The van der Waals surface area contributed by atoms with E-state index in [0.29, 0.717) is 43.1 Å². The summed E-state index contributed by atoms with van der Waals surface area (Å²) in [5.41, 5.74) is 0.711. The van der Waals surface area contributed by atoms with Crippen molar-refractivity contribution in [2.45, 2.75) is 20.0 Å². The number of rotatable bonds is 4. The Morgan fingerprint density at radius 2 is 1.76 bits per heavy atom. The lowest BCUT2D eigenvalue weighted by Crippen LogP contribution is -2.47. The minimum absolute atomic E-state index is 0.0221. The Labute approximate surface area is 166 Å². The van der Waals surface area contributed by atoms with E-state index in [-0.39, 0.29) is 17.4 Å². The number of piperazine rings is 1. The molecule has 0 aliphatic carbocycles. The molecule has 4 rings (SSSR count). The highest BCUT2D eigenvalue weighted by Gasteiger charge is 2.25. The fourth-order valence-electron chi connectivity index (χ4n) is 3.71. The van der Waals surface area contributed by atoms with E-state index in [9.17, 15) is 13.6 Å². The van der Waals surface area contributed by atoms with Gasteiger partial charge in [-0.3, -0.25) is 9.20 Å². The van der Waals surface area contributed by atoms with Gasteiger partial charge in [-0.2, -0.15) is 0 Å². The second-order valence-corrected chi connectivity index (χ2v) is 7.21. The summed E-state index contributed by atoms with van der Waals surface area (Å²) in [5.74, 6) is 0.191. The number of hydrogen-bond donors (Lipinski definition) is 1. The molecule has 0 saturated carbocycles. The Morgan fingerprint density at radius 1 is 1.14 bits per heavy atom. The van der Waals surface area contributed by atoms with E-state index in [1.54, 1.807) is 16.2 Å². The summed E-state index contributed by atoms with van der Waals surface area (Å²) in [7, 11) is 1.50. The normalized spacial score (nSPS) is 15.9. The molecule has 0 amide bonds. The lowest BCUT2D eigenvalue weighted by atomic mass is 10.1. The Hall–Kier alpha value is -2.94. The quantitative estimate of drug-likeness (QED) is 0.726. The highest BCUT2D eigenvalue weighted by atomic mass is 19.1. The number of halogens is 2. The van der Waals surface area contributed by atoms with Crippen LogP contribution in [0.5, 0.6) is 0 Å². The number of ether oxygens (including phenoxy) is 1.